The van der Waals surface area contributed by atoms with Gasteiger partial charge in [0.05, 0.1) is 16.2 Å². The van der Waals surface area contributed by atoms with Crippen LogP contribution in [0, 0.1) is 6.92 Å². The second kappa shape index (κ2) is 7.81. The minimum absolute atomic E-state index is 0.0129. The van der Waals surface area contributed by atoms with Gasteiger partial charge in [-0.25, -0.2) is 0 Å². The number of allylic oxidation sites excluding steroid dienone is 1. The highest BCUT2D eigenvalue weighted by atomic mass is 79.9. The van der Waals surface area contributed by atoms with Crippen LogP contribution < -0.4 is 4.90 Å². The number of hydrogen-bond donors (Lipinski definition) is 0. The zero-order chi connectivity index (χ0) is 19.8. The highest BCUT2D eigenvalue weighted by molar-refractivity contribution is 9.10. The molecule has 0 aliphatic carbocycles. The van der Waals surface area contributed by atoms with Gasteiger partial charge in [0.2, 0.25) is 0 Å². The summed E-state index contributed by atoms with van der Waals surface area (Å²) in [4.78, 5) is 7.08. The molecule has 1 heterocycles. The van der Waals surface area contributed by atoms with Gasteiger partial charge in [-0.3, -0.25) is 4.99 Å². The lowest BCUT2D eigenvalue weighted by atomic mass is 9.88. The number of rotatable bonds is 4. The molecule has 1 aliphatic heterocycles. The predicted octanol–water partition coefficient (Wildman–Crippen LogP) is 7.57. The fourth-order valence-corrected chi connectivity index (χ4v) is 4.15. The highest BCUT2D eigenvalue weighted by Crippen LogP contribution is 2.41. The summed E-state index contributed by atoms with van der Waals surface area (Å²) in [6, 6.07) is 10.3. The van der Waals surface area contributed by atoms with Crippen molar-refractivity contribution in [2.75, 3.05) is 11.4 Å². The van der Waals surface area contributed by atoms with Crippen molar-refractivity contribution >= 4 is 50.7 Å². The first-order valence-corrected chi connectivity index (χ1v) is 10.5. The zero-order valence-corrected chi connectivity index (χ0v) is 18.9. The minimum atomic E-state index is -0.0129. The molecule has 0 unspecified atom stereocenters. The van der Waals surface area contributed by atoms with Gasteiger partial charge in [0.1, 0.15) is 0 Å². The van der Waals surface area contributed by atoms with Gasteiger partial charge in [0.15, 0.2) is 0 Å². The smallest absolute Gasteiger partial charge is 0.0633 e. The molecule has 4 heteroatoms. The number of nitrogens with zero attached hydrogens (tertiary/aromatic N) is 2. The van der Waals surface area contributed by atoms with Crippen molar-refractivity contribution < 1.29 is 0 Å². The van der Waals surface area contributed by atoms with Crippen molar-refractivity contribution in [2.45, 2.75) is 46.6 Å². The van der Waals surface area contributed by atoms with Crippen molar-refractivity contribution in [1.29, 1.82) is 0 Å². The average molecular weight is 446 g/mol. The van der Waals surface area contributed by atoms with Crippen LogP contribution in [0.3, 0.4) is 0 Å². The van der Waals surface area contributed by atoms with E-state index < -0.39 is 0 Å². The number of halogens is 2. The molecule has 0 amide bonds. The molecular formula is C23H26BrClN2. The van der Waals surface area contributed by atoms with E-state index in [1.807, 2.05) is 18.3 Å². The lowest BCUT2D eigenvalue weighted by Gasteiger charge is -2.43. The van der Waals surface area contributed by atoms with Crippen LogP contribution in [0.1, 0.15) is 50.8 Å². The molecule has 0 saturated heterocycles. The minimum Gasteiger partial charge on any atom is -0.362 e. The first kappa shape index (κ1) is 20.2. The number of fused-ring (bicyclic) bond motifs is 1. The van der Waals surface area contributed by atoms with Gasteiger partial charge in [-0.1, -0.05) is 40.5 Å². The monoisotopic (exact) mass is 444 g/mol. The first-order valence-electron chi connectivity index (χ1n) is 9.34. The van der Waals surface area contributed by atoms with E-state index in [1.54, 1.807) is 0 Å². The van der Waals surface area contributed by atoms with Gasteiger partial charge in [-0.05, 0) is 75.6 Å². The fraction of sp³-hybridized carbons (Fsp3) is 0.348. The van der Waals surface area contributed by atoms with Crippen molar-refractivity contribution in [2.24, 2.45) is 4.99 Å². The molecular weight excluding hydrogens is 420 g/mol. The van der Waals surface area contributed by atoms with Crippen LogP contribution in [-0.2, 0) is 0 Å². The molecule has 0 atom stereocenters. The lowest BCUT2D eigenvalue weighted by Crippen LogP contribution is -2.45. The molecule has 2 nitrogen and oxygen atoms in total. The van der Waals surface area contributed by atoms with E-state index in [9.17, 15) is 0 Å². The molecule has 27 heavy (non-hydrogen) atoms. The van der Waals surface area contributed by atoms with Crippen LogP contribution in [0.2, 0.25) is 5.02 Å². The topological polar surface area (TPSA) is 15.6 Å². The van der Waals surface area contributed by atoms with E-state index in [0.29, 0.717) is 0 Å². The molecule has 2 aromatic rings. The first-order chi connectivity index (χ1) is 12.7. The Morgan fingerprint density at radius 2 is 1.93 bits per heavy atom. The maximum absolute atomic E-state index is 6.65. The van der Waals surface area contributed by atoms with Crippen LogP contribution in [0.5, 0.6) is 0 Å². The van der Waals surface area contributed by atoms with Crippen molar-refractivity contribution in [3.8, 4) is 0 Å². The van der Waals surface area contributed by atoms with Crippen LogP contribution in [0.15, 0.2) is 45.9 Å². The van der Waals surface area contributed by atoms with Gasteiger partial charge in [0, 0.05) is 34.0 Å². The second-order valence-electron chi connectivity index (χ2n) is 7.72. The van der Waals surface area contributed by atoms with Gasteiger partial charge in [-0.15, -0.1) is 0 Å². The van der Waals surface area contributed by atoms with E-state index in [-0.39, 0.29) is 5.54 Å². The summed E-state index contributed by atoms with van der Waals surface area (Å²) in [5.74, 6) is 0. The van der Waals surface area contributed by atoms with Crippen molar-refractivity contribution in [3.63, 3.8) is 0 Å². The third-order valence-corrected chi connectivity index (χ3v) is 6.25. The number of hydrogen-bond acceptors (Lipinski definition) is 2. The Kier molecular flexibility index (Phi) is 5.83. The van der Waals surface area contributed by atoms with Gasteiger partial charge < -0.3 is 4.90 Å². The molecule has 0 spiro atoms. The van der Waals surface area contributed by atoms with E-state index >= 15 is 0 Å². The van der Waals surface area contributed by atoms with Crippen molar-refractivity contribution in [1.82, 2.24) is 0 Å². The standard InChI is InChI=1S/C23H26BrClN2/c1-6-9-27-22-12-21(25)17(11-19(22)16(3)13-23(27,4)5)14-26-18-7-8-20(24)15(2)10-18/h7-8,10-14H,6,9H2,1-5H3. The molecule has 1 aliphatic rings. The van der Waals surface area contributed by atoms with Crippen LogP contribution >= 0.6 is 27.5 Å². The molecule has 142 valence electrons. The Morgan fingerprint density at radius 3 is 2.59 bits per heavy atom. The summed E-state index contributed by atoms with van der Waals surface area (Å²) in [5, 5.41) is 0.734. The zero-order valence-electron chi connectivity index (χ0n) is 16.6. The molecule has 0 radical (unpaired) electrons. The van der Waals surface area contributed by atoms with Crippen LogP contribution in [0.25, 0.3) is 5.57 Å². The number of benzene rings is 2. The molecule has 0 aromatic heterocycles. The number of aliphatic imine (C=N–C) groups is 1. The summed E-state index contributed by atoms with van der Waals surface area (Å²) in [6.45, 7) is 12.0. The fourth-order valence-electron chi connectivity index (χ4n) is 3.70. The summed E-state index contributed by atoms with van der Waals surface area (Å²) in [7, 11) is 0. The Labute approximate surface area is 176 Å². The molecule has 0 N–H and O–H groups in total. The number of aryl methyl sites for hydroxylation is 1. The Bertz CT molecular complexity index is 928. The van der Waals surface area contributed by atoms with E-state index in [4.69, 9.17) is 11.6 Å². The summed E-state index contributed by atoms with van der Waals surface area (Å²) in [6.07, 6.45) is 5.31. The SMILES string of the molecule is CCCN1c2cc(Cl)c(C=Nc3ccc(Br)c(C)c3)cc2C(C)=CC1(C)C. The molecule has 2 aromatic carbocycles. The molecule has 3 rings (SSSR count). The summed E-state index contributed by atoms with van der Waals surface area (Å²) in [5.41, 5.74) is 6.75. The van der Waals surface area contributed by atoms with Crippen LogP contribution in [-0.4, -0.2) is 18.3 Å². The predicted molar refractivity (Wildman–Crippen MR) is 123 cm³/mol. The van der Waals surface area contributed by atoms with Gasteiger partial charge in [-0.2, -0.15) is 0 Å². The third kappa shape index (κ3) is 4.14. The third-order valence-electron chi connectivity index (χ3n) is 5.04. The highest BCUT2D eigenvalue weighted by Gasteiger charge is 2.31. The molecule has 0 fully saturated rings. The Balaban J connectivity index is 2.02. The average Bonchev–Trinajstić information content (AvgIpc) is 2.59. The van der Waals surface area contributed by atoms with E-state index in [2.05, 4.69) is 84.7 Å². The van der Waals surface area contributed by atoms with Gasteiger partial charge in [0.25, 0.3) is 0 Å². The molecule has 0 saturated carbocycles. The number of anilines is 1. The maximum atomic E-state index is 6.65. The van der Waals surface area contributed by atoms with Crippen molar-refractivity contribution in [3.05, 3.63) is 62.6 Å². The normalized spacial score (nSPS) is 15.8. The van der Waals surface area contributed by atoms with E-state index in [1.165, 1.54) is 16.8 Å². The quantitative estimate of drug-likeness (QED) is 0.443. The maximum Gasteiger partial charge on any atom is 0.0633 e. The lowest BCUT2D eigenvalue weighted by molar-refractivity contribution is 0.550. The summed E-state index contributed by atoms with van der Waals surface area (Å²) >= 11 is 10.2. The molecule has 0 bridgehead atoms. The second-order valence-corrected chi connectivity index (χ2v) is 8.98. The largest absolute Gasteiger partial charge is 0.362 e. The summed E-state index contributed by atoms with van der Waals surface area (Å²) < 4.78 is 1.09. The van der Waals surface area contributed by atoms with Crippen LogP contribution in [0.4, 0.5) is 11.4 Å². The Hall–Kier alpha value is -1.58. The van der Waals surface area contributed by atoms with Gasteiger partial charge >= 0.3 is 0 Å². The van der Waals surface area contributed by atoms with E-state index in [0.717, 1.165) is 39.3 Å². The Morgan fingerprint density at radius 1 is 1.19 bits per heavy atom.